The molecule has 12 unspecified atom stereocenters. The first-order valence-electron chi connectivity index (χ1n) is 31.2. The molecule has 0 bridgehead atoms. The SMILES string of the molecule is CCCCCCCCCCCCCCCC/C=C/CC/C=C/CC/C=C/C(O)C(COC1OC(CO)C(OC2OC(CO)C(O)C(O)C2O)C(O)C1O)NC(=O)CCCCCCCCCCCCCCCCCCCC. The summed E-state index contributed by atoms with van der Waals surface area (Å²) in [6.07, 6.45) is 41.9. The number of carbonyl (C=O) groups excluding carboxylic acids is 1. The first kappa shape index (κ1) is 70.3. The number of carbonyl (C=O) groups is 1. The minimum absolute atomic E-state index is 0.250. The van der Waals surface area contributed by atoms with E-state index in [9.17, 15) is 45.6 Å². The lowest BCUT2D eigenvalue weighted by Gasteiger charge is -2.46. The molecule has 0 spiro atoms. The van der Waals surface area contributed by atoms with Crippen LogP contribution in [0.4, 0.5) is 0 Å². The van der Waals surface area contributed by atoms with Gasteiger partial charge in [-0.05, 0) is 44.9 Å². The second-order valence-electron chi connectivity index (χ2n) is 22.2. The highest BCUT2D eigenvalue weighted by Crippen LogP contribution is 2.30. The summed E-state index contributed by atoms with van der Waals surface area (Å²) in [6.45, 7) is 2.80. The van der Waals surface area contributed by atoms with Crippen molar-refractivity contribution in [3.63, 3.8) is 0 Å². The summed E-state index contributed by atoms with van der Waals surface area (Å²) in [4.78, 5) is 13.3. The Balaban J connectivity index is 1.77. The van der Waals surface area contributed by atoms with Gasteiger partial charge in [0.1, 0.15) is 48.8 Å². The zero-order chi connectivity index (χ0) is 55.3. The van der Waals surface area contributed by atoms with E-state index in [0.29, 0.717) is 12.8 Å². The van der Waals surface area contributed by atoms with Gasteiger partial charge < -0.3 is 65.1 Å². The van der Waals surface area contributed by atoms with Gasteiger partial charge in [0.15, 0.2) is 12.6 Å². The Morgan fingerprint density at radius 3 is 1.29 bits per heavy atom. The average molecular weight is 1080 g/mol. The number of hydrogen-bond donors (Lipinski definition) is 9. The highest BCUT2D eigenvalue weighted by molar-refractivity contribution is 5.76. The highest BCUT2D eigenvalue weighted by Gasteiger charge is 2.51. The van der Waals surface area contributed by atoms with Gasteiger partial charge in [0.25, 0.3) is 0 Å². The van der Waals surface area contributed by atoms with Crippen LogP contribution < -0.4 is 5.32 Å². The molecule has 76 heavy (non-hydrogen) atoms. The summed E-state index contributed by atoms with van der Waals surface area (Å²) in [5.74, 6) is -0.250. The smallest absolute Gasteiger partial charge is 0.220 e. The quantitative estimate of drug-likeness (QED) is 0.0204. The van der Waals surface area contributed by atoms with Crippen LogP contribution in [0, 0.1) is 0 Å². The molecule has 2 heterocycles. The van der Waals surface area contributed by atoms with Gasteiger partial charge in [0, 0.05) is 6.42 Å². The van der Waals surface area contributed by atoms with Crippen LogP contribution in [-0.4, -0.2) is 140 Å². The molecule has 0 aromatic heterocycles. The average Bonchev–Trinajstić information content (AvgIpc) is 3.42. The fraction of sp³-hybridized carbons (Fsp3) is 0.887. The molecule has 0 aliphatic carbocycles. The lowest BCUT2D eigenvalue weighted by Crippen LogP contribution is -2.65. The Kier molecular flexibility index (Phi) is 44.4. The molecule has 0 aromatic carbocycles. The Morgan fingerprint density at radius 2 is 0.842 bits per heavy atom. The van der Waals surface area contributed by atoms with Crippen LogP contribution in [0.25, 0.3) is 0 Å². The molecule has 2 aliphatic heterocycles. The molecule has 2 rings (SSSR count). The van der Waals surface area contributed by atoms with E-state index in [1.807, 2.05) is 6.08 Å². The molecule has 0 aromatic rings. The molecule has 14 nitrogen and oxygen atoms in total. The predicted octanol–water partition coefficient (Wildman–Crippen LogP) is 11.0. The van der Waals surface area contributed by atoms with Gasteiger partial charge in [0.2, 0.25) is 5.91 Å². The van der Waals surface area contributed by atoms with Gasteiger partial charge in [-0.3, -0.25) is 4.79 Å². The third kappa shape index (κ3) is 33.1. The van der Waals surface area contributed by atoms with E-state index >= 15 is 0 Å². The Labute approximate surface area is 461 Å². The first-order valence-corrected chi connectivity index (χ1v) is 31.2. The third-order valence-electron chi connectivity index (χ3n) is 15.3. The lowest BCUT2D eigenvalue weighted by atomic mass is 9.97. The van der Waals surface area contributed by atoms with E-state index in [2.05, 4.69) is 43.5 Å². The number of hydrogen-bond acceptors (Lipinski definition) is 13. The van der Waals surface area contributed by atoms with Crippen molar-refractivity contribution in [1.82, 2.24) is 5.32 Å². The number of aliphatic hydroxyl groups is 8. The van der Waals surface area contributed by atoms with E-state index < -0.39 is 86.8 Å². The number of amides is 1. The van der Waals surface area contributed by atoms with Gasteiger partial charge >= 0.3 is 0 Å². The van der Waals surface area contributed by atoms with Gasteiger partial charge in [-0.1, -0.05) is 243 Å². The summed E-state index contributed by atoms with van der Waals surface area (Å²) >= 11 is 0. The zero-order valence-electron chi connectivity index (χ0n) is 48.0. The molecule has 2 fully saturated rings. The monoisotopic (exact) mass is 1080 g/mol. The minimum atomic E-state index is -1.79. The van der Waals surface area contributed by atoms with Crippen LogP contribution >= 0.6 is 0 Å². The van der Waals surface area contributed by atoms with Gasteiger partial charge in [-0.15, -0.1) is 0 Å². The summed E-state index contributed by atoms with van der Waals surface area (Å²) in [5, 5.41) is 87.1. The molecule has 0 radical (unpaired) electrons. The second-order valence-corrected chi connectivity index (χ2v) is 22.2. The lowest BCUT2D eigenvalue weighted by molar-refractivity contribution is -0.359. The maximum atomic E-state index is 13.3. The zero-order valence-corrected chi connectivity index (χ0v) is 48.0. The minimum Gasteiger partial charge on any atom is -0.394 e. The van der Waals surface area contributed by atoms with Crippen LogP contribution in [0.1, 0.15) is 258 Å². The summed E-state index contributed by atoms with van der Waals surface area (Å²) in [6, 6.07) is -0.935. The van der Waals surface area contributed by atoms with Crippen molar-refractivity contribution >= 4 is 5.91 Å². The van der Waals surface area contributed by atoms with E-state index in [1.54, 1.807) is 6.08 Å². The molecule has 2 saturated heterocycles. The maximum Gasteiger partial charge on any atom is 0.220 e. The third-order valence-corrected chi connectivity index (χ3v) is 15.3. The number of ether oxygens (including phenoxy) is 4. The molecule has 12 atom stereocenters. The van der Waals surface area contributed by atoms with Crippen molar-refractivity contribution in [2.45, 2.75) is 331 Å². The topological polar surface area (TPSA) is 228 Å². The van der Waals surface area contributed by atoms with E-state index in [0.717, 1.165) is 44.9 Å². The first-order chi connectivity index (χ1) is 37.1. The summed E-state index contributed by atoms with van der Waals surface area (Å²) < 4.78 is 22.8. The summed E-state index contributed by atoms with van der Waals surface area (Å²) in [5.41, 5.74) is 0. The van der Waals surface area contributed by atoms with Crippen molar-refractivity contribution in [2.24, 2.45) is 0 Å². The van der Waals surface area contributed by atoms with Crippen molar-refractivity contribution in [2.75, 3.05) is 19.8 Å². The number of aliphatic hydroxyl groups excluding tert-OH is 8. The molecule has 9 N–H and O–H groups in total. The van der Waals surface area contributed by atoms with Crippen LogP contribution in [0.15, 0.2) is 36.5 Å². The van der Waals surface area contributed by atoms with Crippen LogP contribution in [0.5, 0.6) is 0 Å². The van der Waals surface area contributed by atoms with Gasteiger partial charge in [0.05, 0.1) is 32.0 Å². The summed E-state index contributed by atoms with van der Waals surface area (Å²) in [7, 11) is 0. The van der Waals surface area contributed by atoms with Gasteiger partial charge in [-0.25, -0.2) is 0 Å². The largest absolute Gasteiger partial charge is 0.394 e. The maximum absolute atomic E-state index is 13.3. The van der Waals surface area contributed by atoms with Crippen LogP contribution in [0.2, 0.25) is 0 Å². The van der Waals surface area contributed by atoms with E-state index in [-0.39, 0.29) is 18.9 Å². The molecule has 0 saturated carbocycles. The van der Waals surface area contributed by atoms with Crippen LogP contribution in [0.3, 0.4) is 0 Å². The van der Waals surface area contributed by atoms with Crippen molar-refractivity contribution in [1.29, 1.82) is 0 Å². The highest BCUT2D eigenvalue weighted by atomic mass is 16.7. The normalized spacial score (nSPS) is 25.1. The number of rotatable bonds is 50. The van der Waals surface area contributed by atoms with Crippen molar-refractivity contribution in [3.05, 3.63) is 36.5 Å². The molecule has 1 amide bonds. The van der Waals surface area contributed by atoms with Crippen molar-refractivity contribution < 1.29 is 64.6 Å². The van der Waals surface area contributed by atoms with Gasteiger partial charge in [-0.2, -0.15) is 0 Å². The Hall–Kier alpha value is -1.79. The Bertz CT molecular complexity index is 1410. The van der Waals surface area contributed by atoms with Crippen LogP contribution in [-0.2, 0) is 23.7 Å². The Morgan fingerprint density at radius 1 is 0.461 bits per heavy atom. The second kappa shape index (κ2) is 48.0. The predicted molar refractivity (Wildman–Crippen MR) is 305 cm³/mol. The molecule has 446 valence electrons. The fourth-order valence-corrected chi connectivity index (χ4v) is 10.3. The van der Waals surface area contributed by atoms with Crippen molar-refractivity contribution in [3.8, 4) is 0 Å². The number of nitrogens with one attached hydrogen (secondary N) is 1. The fourth-order valence-electron chi connectivity index (χ4n) is 10.3. The molecular formula is C62H115NO13. The number of unbranched alkanes of at least 4 members (excludes halogenated alkanes) is 33. The molecule has 14 heteroatoms. The van der Waals surface area contributed by atoms with E-state index in [4.69, 9.17) is 18.9 Å². The number of allylic oxidation sites excluding steroid dienone is 5. The molecule has 2 aliphatic rings. The molecular weight excluding hydrogens is 967 g/mol. The van der Waals surface area contributed by atoms with E-state index in [1.165, 1.54) is 180 Å². The standard InChI is InChI=1S/C62H115NO13/c1-3-5-7-9-11-13-15-17-19-21-23-24-25-26-27-28-29-31-33-35-37-39-41-43-45-51(66)50(63-54(67)46-44-42-40-38-36-34-32-30-22-20-18-16-14-12-10-8-6-4-2)49-73-61-59(72)57(70)60(53(48-65)75-61)76-62-58(71)56(69)55(68)52(47-64)74-62/h28-29,35,37,43,45,50-53,55-62,64-66,68-72H,3-27,30-34,36,38-42,44,46-49H2,1-2H3,(H,63,67)/b29-28+,37-35+,45-43+.